The zero-order chi connectivity index (χ0) is 33.6. The molecule has 44 heavy (non-hydrogen) atoms. The zero-order valence-electron chi connectivity index (χ0n) is 29.9. The third kappa shape index (κ3) is 13.1. The van der Waals surface area contributed by atoms with Gasteiger partial charge in [-0.2, -0.15) is 0 Å². The molecule has 254 valence electrons. The first kappa shape index (κ1) is 40.6. The van der Waals surface area contributed by atoms with Gasteiger partial charge in [-0.1, -0.05) is 0 Å². The molecule has 5 nitrogen and oxygen atoms in total. The second kappa shape index (κ2) is 19.3. The summed E-state index contributed by atoms with van der Waals surface area (Å²) < 4.78 is 15.1. The predicted octanol–water partition coefficient (Wildman–Crippen LogP) is 11.5. The topological polar surface area (TPSA) is 64.8 Å². The molecule has 1 amide bonds. The number of amides is 1. The van der Waals surface area contributed by atoms with E-state index in [1.807, 2.05) is 31.7 Å². The van der Waals surface area contributed by atoms with Crippen LogP contribution in [0.3, 0.4) is 0 Å². The number of nitrogens with zero attached hydrogens (tertiary/aromatic N) is 1. The van der Waals surface area contributed by atoms with Gasteiger partial charge < -0.3 is 0 Å². The molecule has 2 N–H and O–H groups in total. The Kier molecular flexibility index (Phi) is 17.8. The first-order chi connectivity index (χ1) is 20.5. The maximum atomic E-state index is 14.2. The van der Waals surface area contributed by atoms with Crippen molar-refractivity contribution >= 4 is 32.1 Å². The summed E-state index contributed by atoms with van der Waals surface area (Å²) >= 11 is -2.27. The number of hydrogen-bond donors (Lipinski definition) is 1. The van der Waals surface area contributed by atoms with Gasteiger partial charge in [-0.05, 0) is 0 Å². The van der Waals surface area contributed by atoms with Crippen LogP contribution < -0.4 is 5.73 Å². The van der Waals surface area contributed by atoms with Crippen LogP contribution in [0.2, 0.25) is 0 Å². The number of carbonyl (C=O) groups is 1. The van der Waals surface area contributed by atoms with Crippen LogP contribution in [0.1, 0.15) is 120 Å². The molecule has 1 rings (SSSR count). The number of nitrogens with two attached hydrogens (primary N) is 1. The molecule has 1 aromatic carbocycles. The van der Waals surface area contributed by atoms with Crippen molar-refractivity contribution in [1.29, 1.82) is 0 Å². The van der Waals surface area contributed by atoms with Crippen LogP contribution in [-0.2, 0) is 7.80 Å². The summed E-state index contributed by atoms with van der Waals surface area (Å²) in [6, 6.07) is 10.9. The van der Waals surface area contributed by atoms with Crippen LogP contribution >= 0.6 is 26.0 Å². The Morgan fingerprint density at radius 3 is 2.14 bits per heavy atom. The molecule has 0 aromatic heterocycles. The SMILES string of the molecule is C=C(N)/C=C\C/C(=C\CC)CCC(CCC)N(C(=O)OC(C)(C)C)[C@H](CCC)OI(c1ccccc1)S(C)(C)C(C)(C)CC. The summed E-state index contributed by atoms with van der Waals surface area (Å²) in [5, 5.41) is 0. The summed E-state index contributed by atoms with van der Waals surface area (Å²) in [7, 11) is -1.18. The van der Waals surface area contributed by atoms with Gasteiger partial charge in [0.15, 0.2) is 0 Å². The van der Waals surface area contributed by atoms with E-state index in [9.17, 15) is 4.79 Å². The van der Waals surface area contributed by atoms with Crippen molar-refractivity contribution in [2.45, 2.75) is 143 Å². The number of allylic oxidation sites excluding steroid dienone is 4. The first-order valence-corrected chi connectivity index (χ1v) is 23.5. The maximum absolute atomic E-state index is 14.2. The van der Waals surface area contributed by atoms with E-state index in [1.54, 1.807) is 0 Å². The van der Waals surface area contributed by atoms with Gasteiger partial charge in [0.1, 0.15) is 0 Å². The Labute approximate surface area is 279 Å². The summed E-state index contributed by atoms with van der Waals surface area (Å²) in [5.74, 6) is 0. The van der Waals surface area contributed by atoms with Crippen molar-refractivity contribution in [3.8, 4) is 0 Å². The number of benzene rings is 1. The molecule has 1 aromatic rings. The Morgan fingerprint density at radius 1 is 1.02 bits per heavy atom. The minimum atomic E-state index is -2.27. The molecule has 0 bridgehead atoms. The van der Waals surface area contributed by atoms with E-state index in [-0.39, 0.29) is 23.1 Å². The monoisotopic (exact) mass is 744 g/mol. The third-order valence-corrected chi connectivity index (χ3v) is 25.7. The second-order valence-corrected chi connectivity index (χ2v) is 28.5. The number of carbonyl (C=O) groups excluding carboxylic acids is 1. The van der Waals surface area contributed by atoms with E-state index in [4.69, 9.17) is 13.5 Å². The molecule has 1 unspecified atom stereocenters. The van der Waals surface area contributed by atoms with E-state index in [0.29, 0.717) is 5.70 Å². The van der Waals surface area contributed by atoms with E-state index in [1.165, 1.54) is 9.14 Å². The molecule has 2 atom stereocenters. The van der Waals surface area contributed by atoms with Gasteiger partial charge in [-0.25, -0.2) is 0 Å². The minimum absolute atomic E-state index is 0.00547. The number of rotatable bonds is 19. The van der Waals surface area contributed by atoms with Gasteiger partial charge in [0, 0.05) is 0 Å². The van der Waals surface area contributed by atoms with E-state index < -0.39 is 31.6 Å². The molecular weight excluding hydrogens is 679 g/mol. The Bertz CT molecular complexity index is 1060. The summed E-state index contributed by atoms with van der Waals surface area (Å²) in [6.07, 6.45) is 18.8. The molecule has 7 heteroatoms. The molecule has 0 aliphatic rings. The molecular formula is C37H65IN2O3S. The van der Waals surface area contributed by atoms with Gasteiger partial charge >= 0.3 is 281 Å². The van der Waals surface area contributed by atoms with Crippen LogP contribution in [0.15, 0.2) is 66.4 Å². The number of halogens is 1. The number of ether oxygens (including phenoxy) is 1. The fourth-order valence-corrected chi connectivity index (χ4v) is 19.7. The van der Waals surface area contributed by atoms with Crippen LogP contribution in [0.5, 0.6) is 0 Å². The van der Waals surface area contributed by atoms with Crippen molar-refractivity contribution in [2.75, 3.05) is 12.5 Å². The van der Waals surface area contributed by atoms with Crippen LogP contribution in [0.25, 0.3) is 0 Å². The summed E-state index contributed by atoms with van der Waals surface area (Å²) in [6.45, 7) is 23.3. The molecule has 0 aliphatic carbocycles. The van der Waals surface area contributed by atoms with E-state index in [2.05, 4.69) is 103 Å². The molecule has 0 heterocycles. The summed E-state index contributed by atoms with van der Waals surface area (Å²) in [4.78, 5) is 16.2. The van der Waals surface area contributed by atoms with E-state index in [0.717, 1.165) is 57.8 Å². The van der Waals surface area contributed by atoms with Crippen molar-refractivity contribution < 1.29 is 12.6 Å². The van der Waals surface area contributed by atoms with Crippen LogP contribution in [-0.4, -0.2) is 46.1 Å². The quantitative estimate of drug-likeness (QED) is 0.0663. The molecule has 0 radical (unpaired) electrons. The Morgan fingerprint density at radius 2 is 1.64 bits per heavy atom. The first-order valence-electron chi connectivity index (χ1n) is 16.5. The van der Waals surface area contributed by atoms with Crippen molar-refractivity contribution in [3.63, 3.8) is 0 Å². The number of hydrogen-bond acceptors (Lipinski definition) is 4. The second-order valence-electron chi connectivity index (χ2n) is 13.5. The summed E-state index contributed by atoms with van der Waals surface area (Å²) in [5.41, 5.74) is 7.10. The third-order valence-electron chi connectivity index (χ3n) is 8.08. The molecule has 0 fully saturated rings. The Hall–Kier alpha value is -1.45. The van der Waals surface area contributed by atoms with Gasteiger partial charge in [0.2, 0.25) is 0 Å². The van der Waals surface area contributed by atoms with Gasteiger partial charge in [-0.3, -0.25) is 0 Å². The van der Waals surface area contributed by atoms with Crippen molar-refractivity contribution in [1.82, 2.24) is 4.90 Å². The van der Waals surface area contributed by atoms with Gasteiger partial charge in [0.05, 0.1) is 0 Å². The Balaban J connectivity index is 3.67. The average Bonchev–Trinajstić information content (AvgIpc) is 2.93. The average molecular weight is 745 g/mol. The molecule has 0 saturated carbocycles. The van der Waals surface area contributed by atoms with Crippen molar-refractivity contribution in [2.24, 2.45) is 5.73 Å². The standard InChI is InChI=1S/C37H65IN2O3S/c1-13-21-31(25-20-24-30(5)39)28-29-33(22-14-2)40(35(41)42-36(6,7)8)34(23-15-3)43-38(32-26-18-17-19-27-32)44(11,12)37(9,10)16-4/h17-21,24,26-27,33-34H,5,13-16,22-23,25,28-29,39H2,1-4,6-12H3/b24-20-,31-21+/t33?,34-/m0/s1. The molecule has 0 saturated heterocycles. The van der Waals surface area contributed by atoms with Gasteiger partial charge in [-0.15, -0.1) is 0 Å². The predicted molar refractivity (Wildman–Crippen MR) is 204 cm³/mol. The fourth-order valence-electron chi connectivity index (χ4n) is 4.84. The normalized spacial score (nSPS) is 15.2. The molecule has 0 aliphatic heterocycles. The van der Waals surface area contributed by atoms with E-state index >= 15 is 0 Å². The van der Waals surface area contributed by atoms with Crippen LogP contribution in [0.4, 0.5) is 4.79 Å². The fraction of sp³-hybridized carbons (Fsp3) is 0.649. The van der Waals surface area contributed by atoms with Crippen molar-refractivity contribution in [3.05, 3.63) is 70.0 Å². The van der Waals surface area contributed by atoms with Gasteiger partial charge in [0.25, 0.3) is 0 Å². The molecule has 0 spiro atoms. The zero-order valence-corrected chi connectivity index (χ0v) is 32.9. The van der Waals surface area contributed by atoms with Crippen LogP contribution in [0, 0.1) is 3.57 Å².